The summed E-state index contributed by atoms with van der Waals surface area (Å²) in [7, 11) is 2.14. The molecule has 2 heteroatoms. The third-order valence-corrected chi connectivity index (χ3v) is 1.34. The van der Waals surface area contributed by atoms with Crippen molar-refractivity contribution >= 4 is 12.6 Å². The van der Waals surface area contributed by atoms with E-state index in [2.05, 4.69) is 38.4 Å². The molecule has 0 aliphatic carbocycles. The molecule has 0 fully saturated rings. The molecule has 1 atom stereocenters. The zero-order valence-electron chi connectivity index (χ0n) is 6.59. The van der Waals surface area contributed by atoms with Gasteiger partial charge in [0.05, 0.1) is 0 Å². The average molecular weight is 147 g/mol. The van der Waals surface area contributed by atoms with Crippen LogP contribution in [-0.4, -0.2) is 30.3 Å². The lowest BCUT2D eigenvalue weighted by molar-refractivity contribution is 0.340. The minimum absolute atomic E-state index is 0.501. The second-order valence-corrected chi connectivity index (χ2v) is 3.49. The molecule has 0 heterocycles. The Labute approximate surface area is 63.8 Å². The van der Waals surface area contributed by atoms with Gasteiger partial charge in [0.1, 0.15) is 0 Å². The maximum absolute atomic E-state index is 4.29. The van der Waals surface area contributed by atoms with Gasteiger partial charge in [-0.1, -0.05) is 13.8 Å². The zero-order valence-corrected chi connectivity index (χ0v) is 7.49. The predicted molar refractivity (Wildman–Crippen MR) is 46.2 cm³/mol. The molecule has 0 rings (SSSR count). The molecule has 1 unspecified atom stereocenters. The summed E-state index contributed by atoms with van der Waals surface area (Å²) in [5.41, 5.74) is 0. The van der Waals surface area contributed by atoms with E-state index in [0.717, 1.165) is 6.54 Å². The van der Waals surface area contributed by atoms with E-state index in [0.29, 0.717) is 5.25 Å². The molecule has 0 N–H and O–H groups in total. The third-order valence-electron chi connectivity index (χ3n) is 1.18. The fraction of sp³-hybridized carbons (Fsp3) is 1.00. The minimum Gasteiger partial charge on any atom is -0.305 e. The predicted octanol–water partition coefficient (Wildman–Crippen LogP) is 1.65. The summed E-state index contributed by atoms with van der Waals surface area (Å²) in [5, 5.41) is 0.501. The van der Waals surface area contributed by atoms with Crippen molar-refractivity contribution in [3.63, 3.8) is 0 Å². The smallest absolute Gasteiger partial charge is 0.0116 e. The normalized spacial score (nSPS) is 14.3. The fourth-order valence-corrected chi connectivity index (χ4v) is 1.20. The highest BCUT2D eigenvalue weighted by atomic mass is 32.1. The van der Waals surface area contributed by atoms with Crippen molar-refractivity contribution in [3.8, 4) is 0 Å². The lowest BCUT2D eigenvalue weighted by atomic mass is 10.4. The highest BCUT2D eigenvalue weighted by Gasteiger charge is 1.98. The van der Waals surface area contributed by atoms with Crippen LogP contribution in [-0.2, 0) is 0 Å². The van der Waals surface area contributed by atoms with E-state index >= 15 is 0 Å². The van der Waals surface area contributed by atoms with Crippen LogP contribution in [0.15, 0.2) is 0 Å². The third kappa shape index (κ3) is 6.19. The summed E-state index contributed by atoms with van der Waals surface area (Å²) < 4.78 is 0. The van der Waals surface area contributed by atoms with Crippen molar-refractivity contribution < 1.29 is 0 Å². The van der Waals surface area contributed by atoms with E-state index < -0.39 is 0 Å². The maximum Gasteiger partial charge on any atom is 0.0116 e. The highest BCUT2D eigenvalue weighted by Crippen LogP contribution is 1.95. The van der Waals surface area contributed by atoms with E-state index in [1.165, 1.54) is 13.0 Å². The molecule has 0 amide bonds. The van der Waals surface area contributed by atoms with E-state index in [1.807, 2.05) is 0 Å². The van der Waals surface area contributed by atoms with Crippen molar-refractivity contribution in [2.75, 3.05) is 20.1 Å². The Bertz CT molecular complexity index is 63.9. The summed E-state index contributed by atoms with van der Waals surface area (Å²) >= 11 is 4.29. The molecular formula is C7H17NS. The van der Waals surface area contributed by atoms with Crippen LogP contribution in [0.5, 0.6) is 0 Å². The van der Waals surface area contributed by atoms with Gasteiger partial charge in [0.25, 0.3) is 0 Å². The Kier molecular flexibility index (Phi) is 5.30. The Morgan fingerprint density at radius 3 is 2.44 bits per heavy atom. The maximum atomic E-state index is 4.29. The van der Waals surface area contributed by atoms with Crippen LogP contribution in [0.4, 0.5) is 0 Å². The lowest BCUT2D eigenvalue weighted by Gasteiger charge is -2.16. The van der Waals surface area contributed by atoms with Crippen LogP contribution in [0, 0.1) is 0 Å². The lowest BCUT2D eigenvalue weighted by Crippen LogP contribution is -2.25. The Morgan fingerprint density at radius 1 is 1.56 bits per heavy atom. The largest absolute Gasteiger partial charge is 0.305 e. The molecule has 0 aromatic heterocycles. The van der Waals surface area contributed by atoms with Gasteiger partial charge in [-0.25, -0.2) is 0 Å². The van der Waals surface area contributed by atoms with Gasteiger partial charge in [-0.15, -0.1) is 0 Å². The first kappa shape index (κ1) is 9.31. The van der Waals surface area contributed by atoms with Gasteiger partial charge >= 0.3 is 0 Å². The van der Waals surface area contributed by atoms with Gasteiger partial charge in [-0.3, -0.25) is 0 Å². The average Bonchev–Trinajstić information content (AvgIpc) is 1.63. The number of hydrogen-bond acceptors (Lipinski definition) is 2. The quantitative estimate of drug-likeness (QED) is 0.592. The second-order valence-electron chi connectivity index (χ2n) is 2.61. The van der Waals surface area contributed by atoms with Crippen molar-refractivity contribution in [1.29, 1.82) is 0 Å². The van der Waals surface area contributed by atoms with E-state index in [-0.39, 0.29) is 0 Å². The standard InChI is InChI=1S/C7H17NS/c1-4-5-8(3)6-7(2)9/h7,9H,4-6H2,1-3H3. The summed E-state index contributed by atoms with van der Waals surface area (Å²) in [5.74, 6) is 0. The molecule has 0 aliphatic rings. The van der Waals surface area contributed by atoms with Crippen LogP contribution >= 0.6 is 12.6 Å². The molecule has 1 nitrogen and oxygen atoms in total. The Balaban J connectivity index is 3.15. The van der Waals surface area contributed by atoms with Crippen LogP contribution in [0.25, 0.3) is 0 Å². The molecule has 0 saturated heterocycles. The van der Waals surface area contributed by atoms with E-state index in [9.17, 15) is 0 Å². The zero-order chi connectivity index (χ0) is 7.28. The first-order valence-corrected chi connectivity index (χ1v) is 4.05. The molecule has 56 valence electrons. The van der Waals surface area contributed by atoms with E-state index in [4.69, 9.17) is 0 Å². The summed E-state index contributed by atoms with van der Waals surface area (Å²) in [6, 6.07) is 0. The van der Waals surface area contributed by atoms with Crippen LogP contribution in [0.2, 0.25) is 0 Å². The number of nitrogens with zero attached hydrogens (tertiary/aromatic N) is 1. The number of rotatable bonds is 4. The fourth-order valence-electron chi connectivity index (χ4n) is 0.924. The summed E-state index contributed by atoms with van der Waals surface area (Å²) in [6.45, 7) is 6.59. The molecule has 0 aromatic rings. The van der Waals surface area contributed by atoms with Crippen molar-refractivity contribution in [1.82, 2.24) is 4.90 Å². The van der Waals surface area contributed by atoms with Crippen molar-refractivity contribution in [2.45, 2.75) is 25.5 Å². The second kappa shape index (κ2) is 5.12. The Hall–Kier alpha value is 0.310. The van der Waals surface area contributed by atoms with Crippen molar-refractivity contribution in [2.24, 2.45) is 0 Å². The molecule has 0 aliphatic heterocycles. The van der Waals surface area contributed by atoms with Gasteiger partial charge in [0.15, 0.2) is 0 Å². The van der Waals surface area contributed by atoms with Gasteiger partial charge in [-0.2, -0.15) is 12.6 Å². The Morgan fingerprint density at radius 2 is 2.11 bits per heavy atom. The van der Waals surface area contributed by atoms with Gasteiger partial charge in [0.2, 0.25) is 0 Å². The molecule has 0 radical (unpaired) electrons. The number of thiol groups is 1. The SMILES string of the molecule is CCCN(C)CC(C)S. The van der Waals surface area contributed by atoms with Gasteiger partial charge in [0, 0.05) is 11.8 Å². The first-order valence-electron chi connectivity index (χ1n) is 3.53. The number of hydrogen-bond donors (Lipinski definition) is 1. The van der Waals surface area contributed by atoms with Gasteiger partial charge in [-0.05, 0) is 20.0 Å². The van der Waals surface area contributed by atoms with Crippen molar-refractivity contribution in [3.05, 3.63) is 0 Å². The van der Waals surface area contributed by atoms with E-state index in [1.54, 1.807) is 0 Å². The molecular weight excluding hydrogens is 130 g/mol. The molecule has 0 aromatic carbocycles. The van der Waals surface area contributed by atoms with Crippen LogP contribution in [0.1, 0.15) is 20.3 Å². The molecule has 0 saturated carbocycles. The van der Waals surface area contributed by atoms with Crippen LogP contribution < -0.4 is 0 Å². The summed E-state index contributed by atoms with van der Waals surface area (Å²) in [4.78, 5) is 2.30. The van der Waals surface area contributed by atoms with Crippen LogP contribution in [0.3, 0.4) is 0 Å². The summed E-state index contributed by atoms with van der Waals surface area (Å²) in [6.07, 6.45) is 1.23. The van der Waals surface area contributed by atoms with Gasteiger partial charge < -0.3 is 4.90 Å². The molecule has 0 bridgehead atoms. The molecule has 0 spiro atoms. The highest BCUT2D eigenvalue weighted by molar-refractivity contribution is 7.80. The first-order chi connectivity index (χ1) is 4.16. The topological polar surface area (TPSA) is 3.24 Å². The molecule has 9 heavy (non-hydrogen) atoms. The minimum atomic E-state index is 0.501. The monoisotopic (exact) mass is 147 g/mol.